The number of ketones is 1. The van der Waals surface area contributed by atoms with Crippen LogP contribution >= 0.6 is 0 Å². The lowest BCUT2D eigenvalue weighted by Crippen LogP contribution is -2.47. The van der Waals surface area contributed by atoms with Crippen LogP contribution in [0.5, 0.6) is 0 Å². The number of carbonyl (C=O) groups excluding carboxylic acids is 2. The molecule has 182 valence electrons. The first-order chi connectivity index (χ1) is 16.0. The molecule has 0 bridgehead atoms. The summed E-state index contributed by atoms with van der Waals surface area (Å²) in [7, 11) is 0. The van der Waals surface area contributed by atoms with E-state index in [1.807, 2.05) is 42.5 Å². The van der Waals surface area contributed by atoms with E-state index in [0.717, 1.165) is 49.8 Å². The molecule has 0 aliphatic heterocycles. The van der Waals surface area contributed by atoms with Crippen LogP contribution in [-0.4, -0.2) is 30.5 Å². The fraction of sp³-hybridized carbons (Fsp3) is 0.556. The number of hydrogen-bond donors (Lipinski definition) is 2. The zero-order valence-electron chi connectivity index (χ0n) is 20.3. The molecule has 2 aromatic rings. The monoisotopic (exact) mass is 456 g/mol. The first-order valence-electron chi connectivity index (χ1n) is 12.2. The highest BCUT2D eigenvalue weighted by molar-refractivity contribution is 5.84. The Labute approximate surface area is 198 Å². The highest BCUT2D eigenvalue weighted by atomic mass is 16.5. The molecule has 1 aromatic carbocycles. The van der Waals surface area contributed by atoms with Gasteiger partial charge in [0.15, 0.2) is 0 Å². The topological polar surface area (TPSA) is 80.6 Å². The Morgan fingerprint density at radius 1 is 1.06 bits per heavy atom. The van der Waals surface area contributed by atoms with Crippen molar-refractivity contribution >= 4 is 11.9 Å². The number of unbranched alkanes of at least 4 members (excludes halogenated alkanes) is 1. The molecule has 6 nitrogen and oxygen atoms in total. The van der Waals surface area contributed by atoms with Crippen molar-refractivity contribution in [3.05, 3.63) is 60.1 Å². The molecular weight excluding hydrogens is 416 g/mol. The molecule has 1 amide bonds. The lowest BCUT2D eigenvalue weighted by atomic mass is 9.99. The van der Waals surface area contributed by atoms with Crippen LogP contribution in [0, 0.1) is 5.92 Å². The lowest BCUT2D eigenvalue weighted by Gasteiger charge is -2.24. The van der Waals surface area contributed by atoms with E-state index < -0.39 is 6.09 Å². The van der Waals surface area contributed by atoms with Crippen molar-refractivity contribution in [3.63, 3.8) is 0 Å². The van der Waals surface area contributed by atoms with Crippen LogP contribution in [0.25, 0.3) is 0 Å². The predicted octanol–water partition coefficient (Wildman–Crippen LogP) is 5.66. The average Bonchev–Trinajstić information content (AvgIpc) is 3.31. The van der Waals surface area contributed by atoms with Crippen molar-refractivity contribution in [2.45, 2.75) is 84.4 Å². The van der Waals surface area contributed by atoms with Crippen molar-refractivity contribution < 1.29 is 18.7 Å². The summed E-state index contributed by atoms with van der Waals surface area (Å²) < 4.78 is 10.8. The van der Waals surface area contributed by atoms with Crippen LogP contribution in [0.4, 0.5) is 4.79 Å². The summed E-state index contributed by atoms with van der Waals surface area (Å²) in [6, 6.07) is 13.1. The molecule has 6 heteroatoms. The normalized spacial score (nSPS) is 13.0. The van der Waals surface area contributed by atoms with Gasteiger partial charge in [-0.05, 0) is 42.9 Å². The molecule has 0 saturated carbocycles. The first kappa shape index (κ1) is 26.7. The molecule has 2 atom stereocenters. The minimum absolute atomic E-state index is 0.103. The number of amides is 1. The Balaban J connectivity index is 1.84. The summed E-state index contributed by atoms with van der Waals surface area (Å²) in [5, 5.41) is 6.42. The van der Waals surface area contributed by atoms with E-state index in [1.165, 1.54) is 0 Å². The molecule has 2 rings (SSSR count). The molecule has 1 aromatic heterocycles. The molecule has 0 fully saturated rings. The van der Waals surface area contributed by atoms with Gasteiger partial charge < -0.3 is 19.8 Å². The molecule has 2 N–H and O–H groups in total. The number of aryl methyl sites for hydroxylation is 1. The van der Waals surface area contributed by atoms with Gasteiger partial charge in [0.2, 0.25) is 0 Å². The van der Waals surface area contributed by atoms with E-state index >= 15 is 0 Å². The molecular formula is C27H40N2O4. The Hall–Kier alpha value is -2.60. The van der Waals surface area contributed by atoms with Crippen LogP contribution in [-0.2, 0) is 22.6 Å². The van der Waals surface area contributed by atoms with Gasteiger partial charge in [0.05, 0.1) is 12.3 Å². The van der Waals surface area contributed by atoms with Crippen LogP contribution in [0.1, 0.15) is 70.6 Å². The molecule has 0 unspecified atom stereocenters. The summed E-state index contributed by atoms with van der Waals surface area (Å²) in [6.07, 6.45) is 6.93. The molecule has 1 heterocycles. The predicted molar refractivity (Wildman–Crippen MR) is 131 cm³/mol. The van der Waals surface area contributed by atoms with Crippen molar-refractivity contribution in [3.8, 4) is 0 Å². The van der Waals surface area contributed by atoms with Crippen LogP contribution in [0.3, 0.4) is 0 Å². The largest absolute Gasteiger partial charge is 0.469 e. The van der Waals surface area contributed by atoms with Gasteiger partial charge in [-0.2, -0.15) is 0 Å². The Morgan fingerprint density at radius 3 is 2.52 bits per heavy atom. The van der Waals surface area contributed by atoms with E-state index in [0.29, 0.717) is 18.9 Å². The van der Waals surface area contributed by atoms with Gasteiger partial charge in [0.1, 0.15) is 18.2 Å². The molecule has 0 saturated heterocycles. The molecule has 0 aliphatic rings. The summed E-state index contributed by atoms with van der Waals surface area (Å²) in [4.78, 5) is 25.3. The number of alkyl carbamates (subject to hydrolysis) is 1. The fourth-order valence-electron chi connectivity index (χ4n) is 3.83. The van der Waals surface area contributed by atoms with Crippen LogP contribution in [0.15, 0.2) is 53.1 Å². The number of ether oxygens (including phenoxy) is 1. The van der Waals surface area contributed by atoms with Crippen molar-refractivity contribution in [2.24, 2.45) is 5.92 Å². The molecule has 0 aliphatic carbocycles. The number of rotatable bonds is 16. The lowest BCUT2D eigenvalue weighted by molar-refractivity contribution is -0.121. The maximum atomic E-state index is 12.9. The second-order valence-electron chi connectivity index (χ2n) is 9.03. The third kappa shape index (κ3) is 11.2. The number of furan rings is 1. The standard InChI is InChI=1S/C27H40N2O4/c1-4-5-15-25(26(30)16-9-13-24-14-10-17-32-24)28-19-23(18-21(2)3)29-27(31)33-20-22-11-7-6-8-12-22/h6-8,10-12,14,17,21,23,25,28H,4-5,9,13,15-16,18-20H2,1-3H3,(H,29,31)/t23-,25+/m1/s1. The van der Waals surface area contributed by atoms with Gasteiger partial charge in [-0.15, -0.1) is 0 Å². The van der Waals surface area contributed by atoms with E-state index in [2.05, 4.69) is 31.4 Å². The van der Waals surface area contributed by atoms with Crippen molar-refractivity contribution in [2.75, 3.05) is 6.54 Å². The van der Waals surface area contributed by atoms with Crippen LogP contribution < -0.4 is 10.6 Å². The smallest absolute Gasteiger partial charge is 0.407 e. The third-order valence-corrected chi connectivity index (χ3v) is 5.56. The average molecular weight is 457 g/mol. The molecule has 0 radical (unpaired) electrons. The van der Waals surface area contributed by atoms with Crippen LogP contribution in [0.2, 0.25) is 0 Å². The SMILES string of the molecule is CCCC[C@H](NC[C@@H](CC(C)C)NC(=O)OCc1ccccc1)C(=O)CCCc1ccco1. The maximum absolute atomic E-state index is 12.9. The fourth-order valence-corrected chi connectivity index (χ4v) is 3.83. The van der Waals surface area contributed by atoms with Gasteiger partial charge in [0, 0.05) is 25.4 Å². The Bertz CT molecular complexity index is 790. The van der Waals surface area contributed by atoms with Gasteiger partial charge in [-0.3, -0.25) is 4.79 Å². The summed E-state index contributed by atoms with van der Waals surface area (Å²) in [5.74, 6) is 1.55. The summed E-state index contributed by atoms with van der Waals surface area (Å²) in [5.41, 5.74) is 0.950. The van der Waals surface area contributed by atoms with Gasteiger partial charge in [-0.1, -0.05) is 63.9 Å². The second-order valence-corrected chi connectivity index (χ2v) is 9.03. The third-order valence-electron chi connectivity index (χ3n) is 5.56. The Morgan fingerprint density at radius 2 is 1.85 bits per heavy atom. The maximum Gasteiger partial charge on any atom is 0.407 e. The number of hydrogen-bond acceptors (Lipinski definition) is 5. The highest BCUT2D eigenvalue weighted by Crippen LogP contribution is 2.11. The Kier molecular flexibility index (Phi) is 12.3. The summed E-state index contributed by atoms with van der Waals surface area (Å²) >= 11 is 0. The number of Topliss-reactive ketones (excluding diaryl/α,β-unsaturated/α-hetero) is 1. The van der Waals surface area contributed by atoms with Crippen molar-refractivity contribution in [1.82, 2.24) is 10.6 Å². The number of benzene rings is 1. The highest BCUT2D eigenvalue weighted by Gasteiger charge is 2.21. The zero-order chi connectivity index (χ0) is 23.9. The van der Waals surface area contributed by atoms with Crippen molar-refractivity contribution in [1.29, 1.82) is 0 Å². The second kappa shape index (κ2) is 15.3. The van der Waals surface area contributed by atoms with Gasteiger partial charge in [0.25, 0.3) is 0 Å². The number of carbonyl (C=O) groups is 2. The van der Waals surface area contributed by atoms with E-state index in [4.69, 9.17) is 9.15 Å². The zero-order valence-corrected chi connectivity index (χ0v) is 20.3. The van der Waals surface area contributed by atoms with E-state index in [1.54, 1.807) is 6.26 Å². The number of nitrogens with one attached hydrogen (secondary N) is 2. The first-order valence-corrected chi connectivity index (χ1v) is 12.2. The minimum Gasteiger partial charge on any atom is -0.469 e. The molecule has 33 heavy (non-hydrogen) atoms. The van der Waals surface area contributed by atoms with Gasteiger partial charge >= 0.3 is 6.09 Å². The molecule has 0 spiro atoms. The van der Waals surface area contributed by atoms with E-state index in [-0.39, 0.29) is 24.5 Å². The van der Waals surface area contributed by atoms with Gasteiger partial charge in [-0.25, -0.2) is 4.79 Å². The quantitative estimate of drug-likeness (QED) is 0.341. The summed E-state index contributed by atoms with van der Waals surface area (Å²) in [6.45, 7) is 7.15. The van der Waals surface area contributed by atoms with E-state index in [9.17, 15) is 9.59 Å². The minimum atomic E-state index is -0.429.